The number of ether oxygens (including phenoxy) is 2. The number of amides is 2. The molecule has 28 heavy (non-hydrogen) atoms. The van der Waals surface area contributed by atoms with Crippen molar-refractivity contribution in [2.45, 2.75) is 6.92 Å². The fourth-order valence-corrected chi connectivity index (χ4v) is 2.27. The maximum absolute atomic E-state index is 13.0. The van der Waals surface area contributed by atoms with Gasteiger partial charge in [0.1, 0.15) is 11.6 Å². The minimum Gasteiger partial charge on any atom is -0.495 e. The third kappa shape index (κ3) is 5.70. The summed E-state index contributed by atoms with van der Waals surface area (Å²) in [6, 6.07) is 8.46. The second-order valence-electron chi connectivity index (χ2n) is 5.84. The van der Waals surface area contributed by atoms with E-state index in [-0.39, 0.29) is 17.8 Å². The Hall–Kier alpha value is -3.62. The van der Waals surface area contributed by atoms with Gasteiger partial charge in [-0.1, -0.05) is 6.07 Å². The predicted octanol–water partition coefficient (Wildman–Crippen LogP) is 1.64. The Morgan fingerprint density at radius 1 is 1.11 bits per heavy atom. The highest BCUT2D eigenvalue weighted by molar-refractivity contribution is 5.97. The molecular weight excluding hydrogens is 369 g/mol. The lowest BCUT2D eigenvalue weighted by Crippen LogP contribution is -2.35. The first-order valence-corrected chi connectivity index (χ1v) is 8.23. The van der Waals surface area contributed by atoms with Crippen molar-refractivity contribution in [1.29, 1.82) is 0 Å². The molecule has 148 valence electrons. The van der Waals surface area contributed by atoms with Gasteiger partial charge >= 0.3 is 5.97 Å². The van der Waals surface area contributed by atoms with Crippen LogP contribution in [0, 0.1) is 12.7 Å². The molecule has 2 aromatic rings. The molecule has 0 aliphatic carbocycles. The molecule has 0 atom stereocenters. The maximum Gasteiger partial charge on any atom is 0.340 e. The summed E-state index contributed by atoms with van der Waals surface area (Å²) in [6.07, 6.45) is 0. The topological polar surface area (TPSA) is 120 Å². The summed E-state index contributed by atoms with van der Waals surface area (Å²) in [6.45, 7) is 0.919. The summed E-state index contributed by atoms with van der Waals surface area (Å²) in [4.78, 5) is 35.6. The van der Waals surface area contributed by atoms with Gasteiger partial charge in [0.25, 0.3) is 5.91 Å². The number of carbonyl (C=O) groups excluding carboxylic acids is 3. The van der Waals surface area contributed by atoms with Crippen molar-refractivity contribution in [3.8, 4) is 5.75 Å². The minimum absolute atomic E-state index is 0.0570. The molecular formula is C19H20FN3O5. The van der Waals surface area contributed by atoms with Gasteiger partial charge in [0, 0.05) is 5.69 Å². The van der Waals surface area contributed by atoms with Crippen molar-refractivity contribution >= 4 is 29.2 Å². The minimum atomic E-state index is -0.874. The van der Waals surface area contributed by atoms with Crippen LogP contribution in [-0.2, 0) is 14.3 Å². The average Bonchev–Trinajstić information content (AvgIpc) is 2.64. The number of carbonyl (C=O) groups is 3. The SMILES string of the molecule is COc1ccc(C)cc1NC(=O)CNC(=O)COC(=O)c1ccc(F)cc1N. The number of nitrogens with two attached hydrogens (primary N) is 1. The van der Waals surface area contributed by atoms with Gasteiger partial charge in [-0.3, -0.25) is 9.59 Å². The summed E-state index contributed by atoms with van der Waals surface area (Å²) in [5.41, 5.74) is 6.77. The Balaban J connectivity index is 1.81. The zero-order valence-electron chi connectivity index (χ0n) is 15.4. The molecule has 2 amide bonds. The molecule has 2 aromatic carbocycles. The van der Waals surface area contributed by atoms with Crippen LogP contribution in [0.4, 0.5) is 15.8 Å². The number of nitrogens with one attached hydrogen (secondary N) is 2. The molecule has 0 saturated carbocycles. The Morgan fingerprint density at radius 2 is 1.86 bits per heavy atom. The third-order valence-electron chi connectivity index (χ3n) is 3.64. The van der Waals surface area contributed by atoms with Gasteiger partial charge in [0.15, 0.2) is 6.61 Å². The molecule has 9 heteroatoms. The van der Waals surface area contributed by atoms with E-state index in [9.17, 15) is 18.8 Å². The number of halogens is 1. The van der Waals surface area contributed by atoms with E-state index in [1.807, 2.05) is 13.0 Å². The molecule has 8 nitrogen and oxygen atoms in total. The highest BCUT2D eigenvalue weighted by Crippen LogP contribution is 2.24. The van der Waals surface area contributed by atoms with Crippen molar-refractivity contribution in [1.82, 2.24) is 5.32 Å². The lowest BCUT2D eigenvalue weighted by molar-refractivity contribution is -0.126. The molecule has 0 spiro atoms. The van der Waals surface area contributed by atoms with E-state index in [2.05, 4.69) is 10.6 Å². The van der Waals surface area contributed by atoms with E-state index in [1.54, 1.807) is 12.1 Å². The Kier molecular flexibility index (Phi) is 6.91. The molecule has 0 aliphatic heterocycles. The van der Waals surface area contributed by atoms with Crippen LogP contribution in [0.5, 0.6) is 5.75 Å². The second kappa shape index (κ2) is 9.36. The molecule has 0 radical (unpaired) electrons. The first-order chi connectivity index (χ1) is 13.3. The highest BCUT2D eigenvalue weighted by Gasteiger charge is 2.15. The van der Waals surface area contributed by atoms with Gasteiger partial charge < -0.3 is 25.8 Å². The zero-order chi connectivity index (χ0) is 20.7. The van der Waals surface area contributed by atoms with Gasteiger partial charge in [-0.15, -0.1) is 0 Å². The van der Waals surface area contributed by atoms with Crippen molar-refractivity contribution in [3.05, 3.63) is 53.3 Å². The van der Waals surface area contributed by atoms with Crippen molar-refractivity contribution in [2.24, 2.45) is 0 Å². The number of aryl methyl sites for hydroxylation is 1. The number of hydrogen-bond donors (Lipinski definition) is 3. The van der Waals surface area contributed by atoms with Crippen molar-refractivity contribution in [3.63, 3.8) is 0 Å². The van der Waals surface area contributed by atoms with Gasteiger partial charge in [-0.25, -0.2) is 9.18 Å². The van der Waals surface area contributed by atoms with Gasteiger partial charge in [-0.05, 0) is 42.8 Å². The van der Waals surface area contributed by atoms with Gasteiger partial charge in [0.05, 0.1) is 24.9 Å². The van der Waals surface area contributed by atoms with E-state index in [0.29, 0.717) is 11.4 Å². The fourth-order valence-electron chi connectivity index (χ4n) is 2.27. The summed E-state index contributed by atoms with van der Waals surface area (Å²) >= 11 is 0. The molecule has 0 aromatic heterocycles. The van der Waals surface area contributed by atoms with Crippen LogP contribution in [0.15, 0.2) is 36.4 Å². The Bertz CT molecular complexity index is 901. The van der Waals surface area contributed by atoms with Crippen molar-refractivity contribution < 1.29 is 28.2 Å². The summed E-state index contributed by atoms with van der Waals surface area (Å²) in [5.74, 6) is -2.15. The first kappa shape index (κ1) is 20.7. The number of benzene rings is 2. The van der Waals surface area contributed by atoms with Crippen LogP contribution in [0.2, 0.25) is 0 Å². The molecule has 0 heterocycles. The third-order valence-corrected chi connectivity index (χ3v) is 3.64. The van der Waals surface area contributed by atoms with E-state index >= 15 is 0 Å². The van der Waals surface area contributed by atoms with Crippen LogP contribution in [0.1, 0.15) is 15.9 Å². The maximum atomic E-state index is 13.0. The van der Waals surface area contributed by atoms with Gasteiger partial charge in [0.2, 0.25) is 5.91 Å². The summed E-state index contributed by atoms with van der Waals surface area (Å²) in [5, 5.41) is 4.95. The number of anilines is 2. The standard InChI is InChI=1S/C19H20FN3O5/c1-11-3-6-16(27-2)15(7-11)23-17(24)9-22-18(25)10-28-19(26)13-5-4-12(20)8-14(13)21/h3-8H,9-10,21H2,1-2H3,(H,22,25)(H,23,24). The number of methoxy groups -OCH3 is 1. The van der Waals surface area contributed by atoms with Crippen LogP contribution < -0.4 is 21.1 Å². The quantitative estimate of drug-likeness (QED) is 0.489. The molecule has 2 rings (SSSR count). The lowest BCUT2D eigenvalue weighted by Gasteiger charge is -2.11. The number of nitrogen functional groups attached to an aromatic ring is 1. The molecule has 0 unspecified atom stereocenters. The predicted molar refractivity (Wildman–Crippen MR) is 100 cm³/mol. The van der Waals surface area contributed by atoms with Crippen LogP contribution in [0.3, 0.4) is 0 Å². The molecule has 0 fully saturated rings. The zero-order valence-corrected chi connectivity index (χ0v) is 15.4. The van der Waals surface area contributed by atoms with Crippen LogP contribution in [-0.4, -0.2) is 38.0 Å². The number of rotatable bonds is 7. The van der Waals surface area contributed by atoms with E-state index in [0.717, 1.165) is 23.8 Å². The molecule has 4 N–H and O–H groups in total. The highest BCUT2D eigenvalue weighted by atomic mass is 19.1. The Labute approximate surface area is 160 Å². The molecule has 0 aliphatic rings. The normalized spacial score (nSPS) is 10.1. The van der Waals surface area contributed by atoms with E-state index < -0.39 is 30.2 Å². The van der Waals surface area contributed by atoms with Gasteiger partial charge in [-0.2, -0.15) is 0 Å². The molecule has 0 bridgehead atoms. The van der Waals surface area contributed by atoms with E-state index in [1.165, 1.54) is 7.11 Å². The fraction of sp³-hybridized carbons (Fsp3) is 0.211. The molecule has 0 saturated heterocycles. The summed E-state index contributed by atoms with van der Waals surface area (Å²) in [7, 11) is 1.48. The van der Waals surface area contributed by atoms with Crippen LogP contribution >= 0.6 is 0 Å². The average molecular weight is 389 g/mol. The first-order valence-electron chi connectivity index (χ1n) is 8.23. The second-order valence-corrected chi connectivity index (χ2v) is 5.84. The summed E-state index contributed by atoms with van der Waals surface area (Å²) < 4.78 is 23.0. The largest absolute Gasteiger partial charge is 0.495 e. The van der Waals surface area contributed by atoms with Crippen molar-refractivity contribution in [2.75, 3.05) is 31.3 Å². The number of hydrogen-bond acceptors (Lipinski definition) is 6. The monoisotopic (exact) mass is 389 g/mol. The Morgan fingerprint density at radius 3 is 2.54 bits per heavy atom. The van der Waals surface area contributed by atoms with E-state index in [4.69, 9.17) is 15.2 Å². The smallest absolute Gasteiger partial charge is 0.340 e. The van der Waals surface area contributed by atoms with Crippen LogP contribution in [0.25, 0.3) is 0 Å². The number of esters is 1. The lowest BCUT2D eigenvalue weighted by atomic mass is 10.2.